The number of methoxy groups -OCH3 is 2. The zero-order chi connectivity index (χ0) is 31.3. The number of aryl methyl sites for hydroxylation is 1. The number of aromatic nitrogens is 3. The molecule has 2 unspecified atom stereocenters. The van der Waals surface area contributed by atoms with Gasteiger partial charge in [0.05, 0.1) is 25.1 Å². The Labute approximate surface area is 251 Å². The third-order valence-electron chi connectivity index (χ3n) is 7.27. The van der Waals surface area contributed by atoms with Crippen molar-refractivity contribution in [2.75, 3.05) is 34.4 Å². The number of allylic oxidation sites excluding steroid dienone is 1. The van der Waals surface area contributed by atoms with Crippen LogP contribution in [0.2, 0.25) is 0 Å². The summed E-state index contributed by atoms with van der Waals surface area (Å²) >= 11 is 0.772. The average Bonchev–Trinajstić information content (AvgIpc) is 3.50. The van der Waals surface area contributed by atoms with E-state index >= 15 is 0 Å². The smallest absolute Gasteiger partial charge is 0.434 e. The maximum absolute atomic E-state index is 13.3. The van der Waals surface area contributed by atoms with Gasteiger partial charge in [0.15, 0.2) is 16.5 Å². The van der Waals surface area contributed by atoms with Crippen molar-refractivity contribution in [1.29, 1.82) is 0 Å². The average molecular weight is 622 g/mol. The Balaban J connectivity index is 1.63. The van der Waals surface area contributed by atoms with Crippen molar-refractivity contribution in [3.63, 3.8) is 0 Å². The molecular formula is C29H34F3N5O5S. The summed E-state index contributed by atoms with van der Waals surface area (Å²) in [4.78, 5) is 41.9. The minimum absolute atomic E-state index is 0.0229. The monoisotopic (exact) mass is 621 g/mol. The first-order chi connectivity index (χ1) is 20.5. The Hall–Kier alpha value is -3.94. The van der Waals surface area contributed by atoms with Crippen molar-refractivity contribution in [3.8, 4) is 22.5 Å². The molecule has 1 fully saturated rings. The molecule has 3 aromatic rings. The second-order valence-electron chi connectivity index (χ2n) is 10.2. The number of halogens is 3. The van der Waals surface area contributed by atoms with Crippen molar-refractivity contribution in [2.45, 2.75) is 57.3 Å². The lowest BCUT2D eigenvalue weighted by Gasteiger charge is -2.39. The number of esters is 1. The zero-order valence-corrected chi connectivity index (χ0v) is 25.3. The Kier molecular flexibility index (Phi) is 10.1. The van der Waals surface area contributed by atoms with E-state index in [1.54, 1.807) is 31.0 Å². The zero-order valence-electron chi connectivity index (χ0n) is 24.4. The van der Waals surface area contributed by atoms with Gasteiger partial charge in [0.25, 0.3) is 0 Å². The first-order valence-corrected chi connectivity index (χ1v) is 14.6. The normalized spacial score (nSPS) is 17.0. The van der Waals surface area contributed by atoms with E-state index in [1.807, 2.05) is 6.08 Å². The van der Waals surface area contributed by atoms with Gasteiger partial charge in [-0.25, -0.2) is 19.6 Å². The molecule has 0 bridgehead atoms. The fraction of sp³-hybridized carbons (Fsp3) is 0.483. The minimum atomic E-state index is -4.61. The van der Waals surface area contributed by atoms with Crippen molar-refractivity contribution < 1.29 is 37.0 Å². The number of benzene rings is 1. The molecule has 0 saturated carbocycles. The van der Waals surface area contributed by atoms with E-state index in [-0.39, 0.29) is 35.7 Å². The van der Waals surface area contributed by atoms with Crippen molar-refractivity contribution in [2.24, 2.45) is 0 Å². The highest BCUT2D eigenvalue weighted by molar-refractivity contribution is 7.13. The largest absolute Gasteiger partial charge is 0.496 e. The number of thiazole rings is 1. The summed E-state index contributed by atoms with van der Waals surface area (Å²) in [5.41, 5.74) is 0.0352. The van der Waals surface area contributed by atoms with Crippen LogP contribution in [-0.4, -0.2) is 83.3 Å². The molecular weight excluding hydrogens is 587 g/mol. The van der Waals surface area contributed by atoms with Gasteiger partial charge in [0, 0.05) is 43.9 Å². The lowest BCUT2D eigenvalue weighted by molar-refractivity contribution is -0.148. The molecule has 0 spiro atoms. The maximum atomic E-state index is 13.3. The van der Waals surface area contributed by atoms with Gasteiger partial charge in [-0.3, -0.25) is 0 Å². The van der Waals surface area contributed by atoms with Crippen LogP contribution in [0, 0.1) is 6.92 Å². The molecule has 2 amide bonds. The number of rotatable bonds is 10. The van der Waals surface area contributed by atoms with Gasteiger partial charge in [-0.05, 0) is 38.3 Å². The number of ether oxygens (including phenoxy) is 3. The minimum Gasteiger partial charge on any atom is -0.496 e. The number of unbranched alkanes of at least 4 members (excludes halogenated alkanes) is 2. The van der Waals surface area contributed by atoms with Crippen molar-refractivity contribution in [3.05, 3.63) is 41.4 Å². The van der Waals surface area contributed by atoms with Crippen LogP contribution in [-0.2, 0) is 15.7 Å². The predicted molar refractivity (Wildman–Crippen MR) is 155 cm³/mol. The number of piperidine rings is 1. The van der Waals surface area contributed by atoms with Crippen molar-refractivity contribution >= 4 is 34.2 Å². The first kappa shape index (κ1) is 32.0. The van der Waals surface area contributed by atoms with Gasteiger partial charge < -0.3 is 24.0 Å². The summed E-state index contributed by atoms with van der Waals surface area (Å²) in [7, 11) is 4.46. The lowest BCUT2D eigenvalue weighted by Crippen LogP contribution is -2.56. The number of carbonyl (C=O) groups excluding carboxylic acids is 2. The molecule has 2 aromatic heterocycles. The standard InChI is InChI=1S/C29H34F3N5O5S/c1-6-7-8-9-13-36(3)28(39)37-14-12-18(15-20(37)27(38)41-5)42-25-19-10-11-21(40-4)17(2)23(19)34-24(35-25)26-33-22(16-43-26)29(30,31)32/h6,10-11,16,18,20H,1,7-9,12-15H2,2-5H3. The lowest BCUT2D eigenvalue weighted by atomic mass is 9.99. The molecule has 4 rings (SSSR count). The van der Waals surface area contributed by atoms with Gasteiger partial charge >= 0.3 is 18.2 Å². The quantitative estimate of drug-likeness (QED) is 0.157. The van der Waals surface area contributed by atoms with Crippen LogP contribution in [0.5, 0.6) is 11.6 Å². The number of fused-ring (bicyclic) bond motifs is 1. The number of amides is 2. The Morgan fingerprint density at radius 1 is 1.21 bits per heavy atom. The molecule has 10 nitrogen and oxygen atoms in total. The number of carbonyl (C=O) groups is 2. The van der Waals surface area contributed by atoms with E-state index in [9.17, 15) is 22.8 Å². The van der Waals surface area contributed by atoms with Crippen LogP contribution in [0.1, 0.15) is 43.4 Å². The summed E-state index contributed by atoms with van der Waals surface area (Å²) in [6.45, 7) is 6.24. The van der Waals surface area contributed by atoms with Gasteiger partial charge in [0.1, 0.15) is 17.9 Å². The molecule has 1 saturated heterocycles. The second-order valence-corrected chi connectivity index (χ2v) is 11.0. The van der Waals surface area contributed by atoms with Crippen molar-refractivity contribution in [1.82, 2.24) is 24.8 Å². The van der Waals surface area contributed by atoms with Gasteiger partial charge in [-0.15, -0.1) is 17.9 Å². The molecule has 3 heterocycles. The van der Waals surface area contributed by atoms with Gasteiger partial charge in [-0.1, -0.05) is 6.08 Å². The molecule has 0 aliphatic carbocycles. The highest BCUT2D eigenvalue weighted by Gasteiger charge is 2.39. The van der Waals surface area contributed by atoms with E-state index < -0.39 is 30.0 Å². The van der Waals surface area contributed by atoms with Crippen LogP contribution in [0.15, 0.2) is 30.2 Å². The molecule has 1 aromatic carbocycles. The van der Waals surface area contributed by atoms with Gasteiger partial charge in [0.2, 0.25) is 5.88 Å². The Morgan fingerprint density at radius 3 is 2.63 bits per heavy atom. The number of nitrogens with zero attached hydrogens (tertiary/aromatic N) is 5. The van der Waals surface area contributed by atoms with Crippen LogP contribution >= 0.6 is 11.3 Å². The highest BCUT2D eigenvalue weighted by atomic mass is 32.1. The number of hydrogen-bond acceptors (Lipinski definition) is 9. The Morgan fingerprint density at radius 2 is 1.98 bits per heavy atom. The summed E-state index contributed by atoms with van der Waals surface area (Å²) in [6.07, 6.45) is -0.266. The molecule has 0 N–H and O–H groups in total. The number of urea groups is 1. The summed E-state index contributed by atoms with van der Waals surface area (Å²) < 4.78 is 56.6. The van der Waals surface area contributed by atoms with Crippen LogP contribution < -0.4 is 9.47 Å². The number of likely N-dealkylation sites (tertiary alicyclic amines) is 1. The molecule has 43 heavy (non-hydrogen) atoms. The van der Waals surface area contributed by atoms with E-state index in [1.165, 1.54) is 19.1 Å². The molecule has 14 heteroatoms. The van der Waals surface area contributed by atoms with E-state index in [0.29, 0.717) is 35.2 Å². The fourth-order valence-corrected chi connectivity index (χ4v) is 5.70. The fourth-order valence-electron chi connectivity index (χ4n) is 4.94. The van der Waals surface area contributed by atoms with Crippen LogP contribution in [0.3, 0.4) is 0 Å². The number of hydrogen-bond donors (Lipinski definition) is 0. The van der Waals surface area contributed by atoms with E-state index in [4.69, 9.17) is 14.2 Å². The molecule has 1 aliphatic heterocycles. The SMILES string of the molecule is C=CCCCCN(C)C(=O)N1CCC(Oc2nc(-c3nc(C(F)(F)F)cs3)nc3c(C)c(OC)ccc23)CC1C(=O)OC. The number of alkyl halides is 3. The molecule has 2 atom stereocenters. The highest BCUT2D eigenvalue weighted by Crippen LogP contribution is 2.37. The van der Waals surface area contributed by atoms with Crippen LogP contribution in [0.4, 0.5) is 18.0 Å². The third-order valence-corrected chi connectivity index (χ3v) is 8.11. The molecule has 1 aliphatic rings. The summed E-state index contributed by atoms with van der Waals surface area (Å²) in [5, 5.41) is 1.40. The molecule has 232 valence electrons. The van der Waals surface area contributed by atoms with E-state index in [0.717, 1.165) is 36.0 Å². The summed E-state index contributed by atoms with van der Waals surface area (Å²) in [5.74, 6) is 0.0548. The first-order valence-electron chi connectivity index (χ1n) is 13.7. The summed E-state index contributed by atoms with van der Waals surface area (Å²) in [6, 6.07) is 2.26. The predicted octanol–water partition coefficient (Wildman–Crippen LogP) is 5.88. The topological polar surface area (TPSA) is 107 Å². The Bertz CT molecular complexity index is 1480. The van der Waals surface area contributed by atoms with Gasteiger partial charge in [-0.2, -0.15) is 18.2 Å². The molecule has 0 radical (unpaired) electrons. The maximum Gasteiger partial charge on any atom is 0.434 e. The van der Waals surface area contributed by atoms with Crippen LogP contribution in [0.25, 0.3) is 21.7 Å². The second kappa shape index (κ2) is 13.6. The third kappa shape index (κ3) is 7.17. The van der Waals surface area contributed by atoms with E-state index in [2.05, 4.69) is 21.5 Å².